The first-order valence-electron chi connectivity index (χ1n) is 4.55. The second-order valence-corrected chi connectivity index (χ2v) is 3.56. The lowest BCUT2D eigenvalue weighted by molar-refractivity contribution is -0.384. The molecule has 0 aliphatic rings. The highest BCUT2D eigenvalue weighted by atomic mass is 35.5. The van der Waals surface area contributed by atoms with Crippen molar-refractivity contribution in [3.63, 3.8) is 0 Å². The average molecular weight is 240 g/mol. The van der Waals surface area contributed by atoms with E-state index in [1.165, 1.54) is 18.2 Å². The summed E-state index contributed by atoms with van der Waals surface area (Å²) < 4.78 is 5.25. The van der Waals surface area contributed by atoms with Crippen molar-refractivity contribution >= 4 is 17.3 Å². The molecule has 0 fully saturated rings. The van der Waals surface area contributed by atoms with E-state index in [1.54, 1.807) is 6.92 Å². The maximum absolute atomic E-state index is 10.5. The molecule has 0 bridgehead atoms. The van der Waals surface area contributed by atoms with Crippen molar-refractivity contribution in [2.75, 3.05) is 0 Å². The number of hydrogen-bond donors (Lipinski definition) is 0. The molecule has 1 aromatic rings. The molecule has 1 aromatic carbocycles. The number of hydrogen-bond acceptors (Lipinski definition) is 3. The maximum Gasteiger partial charge on any atom is 0.269 e. The van der Waals surface area contributed by atoms with Gasteiger partial charge in [0.25, 0.3) is 5.69 Å². The summed E-state index contributed by atoms with van der Waals surface area (Å²) in [5, 5.41) is 11.0. The predicted octanol–water partition coefficient (Wildman–Crippen LogP) is 2.79. The Labute approximate surface area is 98.3 Å². The number of non-ortho nitro benzene ring substituents is 1. The maximum atomic E-state index is 10.5. The number of nitrogens with zero attached hydrogens (tertiary/aromatic N) is 1. The minimum Gasteiger partial charge on any atom is -0.361 e. The molecule has 0 radical (unpaired) electrons. The van der Waals surface area contributed by atoms with E-state index >= 15 is 0 Å². The largest absolute Gasteiger partial charge is 0.361 e. The normalized spacial score (nSPS) is 11.8. The van der Waals surface area contributed by atoms with Gasteiger partial charge in [0.15, 0.2) is 0 Å². The molecular weight excluding hydrogens is 230 g/mol. The predicted molar refractivity (Wildman–Crippen MR) is 61.2 cm³/mol. The van der Waals surface area contributed by atoms with Crippen LogP contribution in [0.1, 0.15) is 12.5 Å². The molecule has 0 aromatic heterocycles. The second kappa shape index (κ2) is 5.50. The summed E-state index contributed by atoms with van der Waals surface area (Å²) in [5.41, 5.74) is 0.536. The van der Waals surface area contributed by atoms with Gasteiger partial charge < -0.3 is 4.74 Å². The molecule has 0 heterocycles. The van der Waals surface area contributed by atoms with Gasteiger partial charge in [-0.3, -0.25) is 10.1 Å². The first-order valence-corrected chi connectivity index (χ1v) is 4.93. The molecule has 0 aliphatic heterocycles. The first kappa shape index (κ1) is 12.5. The molecule has 0 saturated heterocycles. The number of terminal acetylenes is 1. The molecule has 1 unspecified atom stereocenters. The molecule has 1 atom stereocenters. The number of nitro groups is 1. The van der Waals surface area contributed by atoms with Gasteiger partial charge in [0.05, 0.1) is 11.5 Å². The molecule has 0 saturated carbocycles. The monoisotopic (exact) mass is 239 g/mol. The number of halogens is 1. The Balaban J connectivity index is 2.83. The van der Waals surface area contributed by atoms with Crippen molar-refractivity contribution in [1.82, 2.24) is 0 Å². The van der Waals surface area contributed by atoms with Crippen LogP contribution in [0.3, 0.4) is 0 Å². The number of ether oxygens (including phenoxy) is 1. The van der Waals surface area contributed by atoms with E-state index in [2.05, 4.69) is 5.92 Å². The van der Waals surface area contributed by atoms with Crippen LogP contribution < -0.4 is 0 Å². The fraction of sp³-hybridized carbons (Fsp3) is 0.273. The highest BCUT2D eigenvalue weighted by molar-refractivity contribution is 6.31. The van der Waals surface area contributed by atoms with E-state index in [0.29, 0.717) is 10.6 Å². The molecular formula is C11H10ClNO3. The fourth-order valence-corrected chi connectivity index (χ4v) is 1.22. The van der Waals surface area contributed by atoms with Crippen molar-refractivity contribution in [1.29, 1.82) is 0 Å². The van der Waals surface area contributed by atoms with Gasteiger partial charge in [-0.05, 0) is 13.0 Å². The van der Waals surface area contributed by atoms with Crippen LogP contribution in [0.25, 0.3) is 0 Å². The third-order valence-corrected chi connectivity index (χ3v) is 2.33. The third-order valence-electron chi connectivity index (χ3n) is 1.96. The zero-order valence-corrected chi connectivity index (χ0v) is 9.40. The van der Waals surface area contributed by atoms with Gasteiger partial charge in [0.2, 0.25) is 0 Å². The minimum absolute atomic E-state index is 0.0173. The summed E-state index contributed by atoms with van der Waals surface area (Å²) in [7, 11) is 0. The zero-order valence-electron chi connectivity index (χ0n) is 8.64. The third kappa shape index (κ3) is 3.23. The van der Waals surface area contributed by atoms with Crippen molar-refractivity contribution in [3.05, 3.63) is 38.9 Å². The van der Waals surface area contributed by atoms with Crippen LogP contribution in [0.4, 0.5) is 5.69 Å². The van der Waals surface area contributed by atoms with Gasteiger partial charge in [-0.25, -0.2) is 0 Å². The van der Waals surface area contributed by atoms with E-state index in [0.717, 1.165) is 0 Å². The van der Waals surface area contributed by atoms with Gasteiger partial charge in [0.1, 0.15) is 6.10 Å². The van der Waals surface area contributed by atoms with Gasteiger partial charge >= 0.3 is 0 Å². The summed E-state index contributed by atoms with van der Waals surface area (Å²) >= 11 is 5.87. The van der Waals surface area contributed by atoms with Crippen LogP contribution in [-0.2, 0) is 11.3 Å². The molecule has 1 rings (SSSR count). The Morgan fingerprint density at radius 3 is 2.94 bits per heavy atom. The Hall–Kier alpha value is -1.57. The summed E-state index contributed by atoms with van der Waals surface area (Å²) in [5.74, 6) is 2.39. The molecule has 5 heteroatoms. The Morgan fingerprint density at radius 2 is 2.38 bits per heavy atom. The van der Waals surface area contributed by atoms with Crippen LogP contribution in [0.2, 0.25) is 5.02 Å². The van der Waals surface area contributed by atoms with Crippen LogP contribution in [0, 0.1) is 22.5 Å². The molecule has 0 spiro atoms. The zero-order chi connectivity index (χ0) is 12.1. The Kier molecular flexibility index (Phi) is 4.29. The molecule has 0 N–H and O–H groups in total. The van der Waals surface area contributed by atoms with Crippen LogP contribution in [0.5, 0.6) is 0 Å². The number of nitro benzene ring substituents is 1. The van der Waals surface area contributed by atoms with E-state index in [1.807, 2.05) is 0 Å². The van der Waals surface area contributed by atoms with Gasteiger partial charge in [-0.15, -0.1) is 6.42 Å². The SMILES string of the molecule is C#CC(C)OCc1cc([N+](=O)[O-])ccc1Cl. The molecule has 0 amide bonds. The molecule has 16 heavy (non-hydrogen) atoms. The van der Waals surface area contributed by atoms with Crippen molar-refractivity contribution in [2.45, 2.75) is 19.6 Å². The molecule has 0 aliphatic carbocycles. The van der Waals surface area contributed by atoms with Crippen molar-refractivity contribution in [2.24, 2.45) is 0 Å². The number of rotatable bonds is 4. The highest BCUT2D eigenvalue weighted by Gasteiger charge is 2.10. The summed E-state index contributed by atoms with van der Waals surface area (Å²) in [4.78, 5) is 10.1. The lowest BCUT2D eigenvalue weighted by Crippen LogP contribution is -2.05. The van der Waals surface area contributed by atoms with E-state index in [4.69, 9.17) is 22.8 Å². The summed E-state index contributed by atoms with van der Waals surface area (Å²) in [6.45, 7) is 1.87. The van der Waals surface area contributed by atoms with E-state index in [-0.39, 0.29) is 18.4 Å². The van der Waals surface area contributed by atoms with Crippen molar-refractivity contribution in [3.8, 4) is 12.3 Å². The van der Waals surface area contributed by atoms with Gasteiger partial charge in [0, 0.05) is 22.7 Å². The standard InChI is InChI=1S/C11H10ClNO3/c1-3-8(2)16-7-9-6-10(13(14)15)4-5-11(9)12/h1,4-6,8H,7H2,2H3. The van der Waals surface area contributed by atoms with Crippen LogP contribution >= 0.6 is 11.6 Å². The second-order valence-electron chi connectivity index (χ2n) is 3.15. The minimum atomic E-state index is -0.482. The molecule has 84 valence electrons. The van der Waals surface area contributed by atoms with Crippen molar-refractivity contribution < 1.29 is 9.66 Å². The summed E-state index contributed by atoms with van der Waals surface area (Å²) in [6, 6.07) is 4.20. The smallest absolute Gasteiger partial charge is 0.269 e. The highest BCUT2D eigenvalue weighted by Crippen LogP contribution is 2.22. The lowest BCUT2D eigenvalue weighted by Gasteiger charge is -2.08. The lowest BCUT2D eigenvalue weighted by atomic mass is 10.2. The van der Waals surface area contributed by atoms with Crippen LogP contribution in [-0.4, -0.2) is 11.0 Å². The van der Waals surface area contributed by atoms with Gasteiger partial charge in [-0.1, -0.05) is 17.5 Å². The number of benzene rings is 1. The fourth-order valence-electron chi connectivity index (χ4n) is 1.05. The van der Waals surface area contributed by atoms with Crippen LogP contribution in [0.15, 0.2) is 18.2 Å². The quantitative estimate of drug-likeness (QED) is 0.461. The topological polar surface area (TPSA) is 52.4 Å². The van der Waals surface area contributed by atoms with Gasteiger partial charge in [-0.2, -0.15) is 0 Å². The van der Waals surface area contributed by atoms with E-state index < -0.39 is 4.92 Å². The molecule has 4 nitrogen and oxygen atoms in total. The van der Waals surface area contributed by atoms with E-state index in [9.17, 15) is 10.1 Å². The Morgan fingerprint density at radius 1 is 1.69 bits per heavy atom. The average Bonchev–Trinajstić information content (AvgIpc) is 2.27. The Bertz CT molecular complexity index is 439. The first-order chi connectivity index (χ1) is 7.54. The summed E-state index contributed by atoms with van der Waals surface area (Å²) in [6.07, 6.45) is 4.78.